The fourth-order valence-corrected chi connectivity index (χ4v) is 4.68. The van der Waals surface area contributed by atoms with E-state index < -0.39 is 15.6 Å². The van der Waals surface area contributed by atoms with Crippen LogP contribution in [0, 0.1) is 0 Å². The van der Waals surface area contributed by atoms with E-state index in [9.17, 15) is 8.42 Å². The molecule has 0 aromatic heterocycles. The van der Waals surface area contributed by atoms with Crippen molar-refractivity contribution in [3.8, 4) is 0 Å². The Labute approximate surface area is 131 Å². The molecule has 0 unspecified atom stereocenters. The van der Waals surface area contributed by atoms with Crippen molar-refractivity contribution >= 4 is 27.2 Å². The van der Waals surface area contributed by atoms with Gasteiger partial charge in [-0.25, -0.2) is 8.42 Å². The number of nitrogens with zero attached hydrogens (tertiary/aromatic N) is 1. The molecular formula is C14H20N2O3S2. The molecule has 21 heavy (non-hydrogen) atoms. The zero-order valence-electron chi connectivity index (χ0n) is 12.2. The smallest absolute Gasteiger partial charge is 0.218 e. The molecule has 5 nitrogen and oxygen atoms in total. The highest BCUT2D eigenvalue weighted by Gasteiger charge is 2.39. The van der Waals surface area contributed by atoms with E-state index in [1.54, 1.807) is 24.3 Å². The normalized spacial score (nSPS) is 19.3. The van der Waals surface area contributed by atoms with Gasteiger partial charge >= 0.3 is 0 Å². The maximum absolute atomic E-state index is 12.7. The molecule has 0 spiro atoms. The van der Waals surface area contributed by atoms with Gasteiger partial charge in [0.15, 0.2) is 0 Å². The van der Waals surface area contributed by atoms with Crippen LogP contribution in [0.1, 0.15) is 25.0 Å². The van der Waals surface area contributed by atoms with Crippen LogP contribution < -0.4 is 5.73 Å². The van der Waals surface area contributed by atoms with Gasteiger partial charge in [-0.2, -0.15) is 4.31 Å². The first kappa shape index (κ1) is 16.4. The molecule has 116 valence electrons. The highest BCUT2D eigenvalue weighted by molar-refractivity contribution is 7.88. The molecule has 0 saturated carbocycles. The number of benzene rings is 1. The van der Waals surface area contributed by atoms with Gasteiger partial charge < -0.3 is 10.5 Å². The summed E-state index contributed by atoms with van der Waals surface area (Å²) < 4.78 is 32.4. The lowest BCUT2D eigenvalue weighted by Gasteiger charge is -2.40. The van der Waals surface area contributed by atoms with Gasteiger partial charge in [0, 0.05) is 12.1 Å². The molecule has 0 radical (unpaired) electrons. The second kappa shape index (κ2) is 6.00. The van der Waals surface area contributed by atoms with E-state index in [0.29, 0.717) is 30.9 Å². The van der Waals surface area contributed by atoms with Gasteiger partial charge in [0.05, 0.1) is 24.5 Å². The van der Waals surface area contributed by atoms with Crippen molar-refractivity contribution in [3.63, 3.8) is 0 Å². The monoisotopic (exact) mass is 328 g/mol. The number of nitrogens with two attached hydrogens (primary N) is 1. The SMILES string of the molecule is CC1(C)COCCN1S(=O)(=O)Cc1ccccc1C(N)=S. The highest BCUT2D eigenvalue weighted by Crippen LogP contribution is 2.25. The quantitative estimate of drug-likeness (QED) is 0.843. The second-order valence-electron chi connectivity index (χ2n) is 5.71. The molecule has 1 aliphatic heterocycles. The van der Waals surface area contributed by atoms with Crippen LogP contribution in [0.15, 0.2) is 24.3 Å². The van der Waals surface area contributed by atoms with Crippen molar-refractivity contribution in [2.24, 2.45) is 5.73 Å². The lowest BCUT2D eigenvalue weighted by molar-refractivity contribution is -0.00778. The molecule has 1 aliphatic rings. The highest BCUT2D eigenvalue weighted by atomic mass is 32.2. The minimum absolute atomic E-state index is 0.107. The zero-order valence-corrected chi connectivity index (χ0v) is 13.8. The van der Waals surface area contributed by atoms with Gasteiger partial charge in [-0.1, -0.05) is 36.5 Å². The number of thiocarbonyl (C=S) groups is 1. The summed E-state index contributed by atoms with van der Waals surface area (Å²) in [6.45, 7) is 4.90. The first-order chi connectivity index (χ1) is 9.74. The summed E-state index contributed by atoms with van der Waals surface area (Å²) in [6, 6.07) is 7.08. The third-order valence-corrected chi connectivity index (χ3v) is 5.77. The molecule has 0 aliphatic carbocycles. The molecule has 1 fully saturated rings. The number of hydrogen-bond donors (Lipinski definition) is 1. The Hall–Kier alpha value is -1.02. The van der Waals surface area contributed by atoms with Gasteiger partial charge in [-0.15, -0.1) is 0 Å². The number of ether oxygens (including phenoxy) is 1. The van der Waals surface area contributed by atoms with Gasteiger partial charge in [-0.3, -0.25) is 0 Å². The lowest BCUT2D eigenvalue weighted by atomic mass is 10.1. The fourth-order valence-electron chi connectivity index (χ4n) is 2.52. The summed E-state index contributed by atoms with van der Waals surface area (Å²) in [5.74, 6) is -0.107. The molecule has 0 atom stereocenters. The van der Waals surface area contributed by atoms with Crippen molar-refractivity contribution < 1.29 is 13.2 Å². The van der Waals surface area contributed by atoms with Gasteiger partial charge in [0.25, 0.3) is 0 Å². The van der Waals surface area contributed by atoms with Crippen LogP contribution >= 0.6 is 12.2 Å². The largest absolute Gasteiger partial charge is 0.389 e. The standard InChI is InChI=1S/C14H20N2O3S2/c1-14(2)10-19-8-7-16(14)21(17,18)9-11-5-3-4-6-12(11)13(15)20/h3-6H,7-10H2,1-2H3,(H2,15,20). The molecule has 7 heteroatoms. The van der Waals surface area contributed by atoms with Gasteiger partial charge in [0.2, 0.25) is 10.0 Å². The van der Waals surface area contributed by atoms with Crippen molar-refractivity contribution in [1.29, 1.82) is 0 Å². The number of hydrogen-bond acceptors (Lipinski definition) is 4. The topological polar surface area (TPSA) is 72.6 Å². The molecule has 1 heterocycles. The molecule has 1 aromatic rings. The van der Waals surface area contributed by atoms with Crippen molar-refractivity contribution in [1.82, 2.24) is 4.31 Å². The summed E-state index contributed by atoms with van der Waals surface area (Å²) in [5.41, 5.74) is 6.37. The summed E-state index contributed by atoms with van der Waals surface area (Å²) in [6.07, 6.45) is 0. The predicted molar refractivity (Wildman–Crippen MR) is 86.6 cm³/mol. The third kappa shape index (κ3) is 3.60. The predicted octanol–water partition coefficient (Wildman–Crippen LogP) is 1.26. The van der Waals surface area contributed by atoms with E-state index in [0.717, 1.165) is 0 Å². The van der Waals surface area contributed by atoms with Crippen LogP contribution in [-0.4, -0.2) is 43.0 Å². The van der Waals surface area contributed by atoms with Crippen LogP contribution in [0.5, 0.6) is 0 Å². The number of sulfonamides is 1. The van der Waals surface area contributed by atoms with Gasteiger partial charge in [0.1, 0.15) is 4.99 Å². The van der Waals surface area contributed by atoms with E-state index in [1.807, 2.05) is 13.8 Å². The Morgan fingerprint density at radius 2 is 2.10 bits per heavy atom. The Kier molecular flexibility index (Phi) is 4.67. The van der Waals surface area contributed by atoms with E-state index in [4.69, 9.17) is 22.7 Å². The zero-order chi connectivity index (χ0) is 15.7. The Balaban J connectivity index is 2.32. The summed E-state index contributed by atoms with van der Waals surface area (Å²) in [7, 11) is -3.46. The van der Waals surface area contributed by atoms with Crippen LogP contribution in [0.3, 0.4) is 0 Å². The van der Waals surface area contributed by atoms with Crippen molar-refractivity contribution in [3.05, 3.63) is 35.4 Å². The summed E-state index contributed by atoms with van der Waals surface area (Å²) in [5, 5.41) is 0. The van der Waals surface area contributed by atoms with Crippen LogP contribution in [0.4, 0.5) is 0 Å². The molecule has 2 N–H and O–H groups in total. The molecule has 2 rings (SSSR count). The average molecular weight is 328 g/mol. The summed E-state index contributed by atoms with van der Waals surface area (Å²) >= 11 is 4.99. The first-order valence-corrected chi connectivity index (χ1v) is 8.72. The maximum Gasteiger partial charge on any atom is 0.218 e. The minimum Gasteiger partial charge on any atom is -0.389 e. The second-order valence-corrected chi connectivity index (χ2v) is 8.05. The van der Waals surface area contributed by atoms with E-state index in [2.05, 4.69) is 0 Å². The first-order valence-electron chi connectivity index (χ1n) is 6.70. The Morgan fingerprint density at radius 3 is 2.71 bits per heavy atom. The van der Waals surface area contributed by atoms with Crippen LogP contribution in [0.25, 0.3) is 0 Å². The molecule has 1 aromatic carbocycles. The fraction of sp³-hybridized carbons (Fsp3) is 0.500. The van der Waals surface area contributed by atoms with Crippen LogP contribution in [-0.2, 0) is 20.5 Å². The molecule has 1 saturated heterocycles. The molecule has 0 bridgehead atoms. The maximum atomic E-state index is 12.7. The number of morpholine rings is 1. The van der Waals surface area contributed by atoms with Crippen molar-refractivity contribution in [2.75, 3.05) is 19.8 Å². The lowest BCUT2D eigenvalue weighted by Crippen LogP contribution is -2.55. The Morgan fingerprint density at radius 1 is 1.43 bits per heavy atom. The average Bonchev–Trinajstić information content (AvgIpc) is 2.37. The third-order valence-electron chi connectivity index (χ3n) is 3.53. The Bertz CT molecular complexity index is 641. The summed E-state index contributed by atoms with van der Waals surface area (Å²) in [4.78, 5) is 0.210. The van der Waals surface area contributed by atoms with E-state index >= 15 is 0 Å². The molecular weight excluding hydrogens is 308 g/mol. The van der Waals surface area contributed by atoms with E-state index in [-0.39, 0.29) is 10.7 Å². The van der Waals surface area contributed by atoms with Gasteiger partial charge in [-0.05, 0) is 19.4 Å². The van der Waals surface area contributed by atoms with Crippen LogP contribution in [0.2, 0.25) is 0 Å². The number of rotatable bonds is 4. The minimum atomic E-state index is -3.46. The van der Waals surface area contributed by atoms with Crippen molar-refractivity contribution in [2.45, 2.75) is 25.1 Å². The van der Waals surface area contributed by atoms with E-state index in [1.165, 1.54) is 4.31 Å². The molecule has 0 amide bonds.